The molecule has 0 aliphatic rings. The first-order valence-electron chi connectivity index (χ1n) is 5.85. The fourth-order valence-electron chi connectivity index (χ4n) is 1.77. The molecule has 0 bridgehead atoms. The van der Waals surface area contributed by atoms with Gasteiger partial charge in [-0.25, -0.2) is 0 Å². The molecular formula is C15H14BrNO2. The average molecular weight is 320 g/mol. The van der Waals surface area contributed by atoms with Gasteiger partial charge < -0.3 is 10.4 Å². The Hall–Kier alpha value is -1.81. The van der Waals surface area contributed by atoms with Crippen molar-refractivity contribution in [2.45, 2.75) is 13.8 Å². The molecule has 19 heavy (non-hydrogen) atoms. The Bertz CT molecular complexity index is 638. The number of benzene rings is 2. The molecule has 3 nitrogen and oxygen atoms in total. The van der Waals surface area contributed by atoms with Gasteiger partial charge in [-0.05, 0) is 65.2 Å². The third-order valence-electron chi connectivity index (χ3n) is 2.91. The van der Waals surface area contributed by atoms with Crippen LogP contribution in [0.1, 0.15) is 21.5 Å². The maximum absolute atomic E-state index is 12.2. The van der Waals surface area contributed by atoms with E-state index < -0.39 is 0 Å². The molecule has 0 saturated heterocycles. The number of aromatic hydroxyl groups is 1. The van der Waals surface area contributed by atoms with Gasteiger partial charge in [-0.1, -0.05) is 12.1 Å². The van der Waals surface area contributed by atoms with E-state index in [-0.39, 0.29) is 11.7 Å². The van der Waals surface area contributed by atoms with Crippen LogP contribution in [-0.4, -0.2) is 11.0 Å². The lowest BCUT2D eigenvalue weighted by Crippen LogP contribution is -2.13. The number of amides is 1. The Labute approximate surface area is 120 Å². The van der Waals surface area contributed by atoms with E-state index in [0.717, 1.165) is 15.6 Å². The normalized spacial score (nSPS) is 10.3. The van der Waals surface area contributed by atoms with E-state index >= 15 is 0 Å². The molecular weight excluding hydrogens is 306 g/mol. The van der Waals surface area contributed by atoms with Gasteiger partial charge in [0.15, 0.2) is 0 Å². The van der Waals surface area contributed by atoms with Crippen LogP contribution in [0.4, 0.5) is 5.69 Å². The number of phenolic OH excluding ortho intramolecular Hbond substituents is 1. The van der Waals surface area contributed by atoms with Crippen molar-refractivity contribution in [2.24, 2.45) is 0 Å². The second kappa shape index (κ2) is 5.45. The largest absolute Gasteiger partial charge is 0.508 e. The minimum Gasteiger partial charge on any atom is -0.508 e. The first kappa shape index (κ1) is 13.6. The molecule has 2 N–H and O–H groups in total. The number of nitrogens with one attached hydrogen (secondary N) is 1. The SMILES string of the molecule is Cc1cc(NC(=O)c2ccccc2Br)c(C)cc1O. The third-order valence-corrected chi connectivity index (χ3v) is 3.60. The van der Waals surface area contributed by atoms with Crippen LogP contribution in [0.25, 0.3) is 0 Å². The van der Waals surface area contributed by atoms with Crippen molar-refractivity contribution >= 4 is 27.5 Å². The molecule has 0 atom stereocenters. The molecule has 0 spiro atoms. The summed E-state index contributed by atoms with van der Waals surface area (Å²) in [5, 5.41) is 12.5. The molecule has 0 aliphatic carbocycles. The predicted octanol–water partition coefficient (Wildman–Crippen LogP) is 4.02. The summed E-state index contributed by atoms with van der Waals surface area (Å²) in [5.41, 5.74) is 2.83. The van der Waals surface area contributed by atoms with E-state index in [0.29, 0.717) is 11.3 Å². The van der Waals surface area contributed by atoms with Crippen LogP contribution >= 0.6 is 15.9 Å². The zero-order chi connectivity index (χ0) is 14.0. The molecule has 0 heterocycles. The minimum atomic E-state index is -0.180. The van der Waals surface area contributed by atoms with Gasteiger partial charge in [-0.3, -0.25) is 4.79 Å². The summed E-state index contributed by atoms with van der Waals surface area (Å²) >= 11 is 3.35. The fraction of sp³-hybridized carbons (Fsp3) is 0.133. The van der Waals surface area contributed by atoms with E-state index in [9.17, 15) is 9.90 Å². The maximum atomic E-state index is 12.2. The first-order valence-corrected chi connectivity index (χ1v) is 6.64. The molecule has 0 aromatic heterocycles. The molecule has 98 valence electrons. The number of halogens is 1. The van der Waals surface area contributed by atoms with Gasteiger partial charge in [0.25, 0.3) is 5.91 Å². The summed E-state index contributed by atoms with van der Waals surface area (Å²) in [4.78, 5) is 12.2. The van der Waals surface area contributed by atoms with Crippen LogP contribution in [-0.2, 0) is 0 Å². The second-order valence-corrected chi connectivity index (χ2v) is 5.24. The lowest BCUT2D eigenvalue weighted by Gasteiger charge is -2.11. The van der Waals surface area contributed by atoms with E-state index in [4.69, 9.17) is 0 Å². The van der Waals surface area contributed by atoms with Gasteiger partial charge in [0.2, 0.25) is 0 Å². The van der Waals surface area contributed by atoms with Crippen LogP contribution in [0.5, 0.6) is 5.75 Å². The van der Waals surface area contributed by atoms with Crippen LogP contribution in [0.3, 0.4) is 0 Å². The molecule has 0 radical (unpaired) electrons. The van der Waals surface area contributed by atoms with Crippen LogP contribution in [0.2, 0.25) is 0 Å². The number of rotatable bonds is 2. The lowest BCUT2D eigenvalue weighted by molar-refractivity contribution is 0.102. The third kappa shape index (κ3) is 2.96. The lowest BCUT2D eigenvalue weighted by atomic mass is 10.1. The molecule has 4 heteroatoms. The number of anilines is 1. The van der Waals surface area contributed by atoms with Gasteiger partial charge >= 0.3 is 0 Å². The Kier molecular flexibility index (Phi) is 3.90. The van der Waals surface area contributed by atoms with Crippen molar-refractivity contribution in [1.82, 2.24) is 0 Å². The summed E-state index contributed by atoms with van der Waals surface area (Å²) in [6, 6.07) is 10.7. The highest BCUT2D eigenvalue weighted by Crippen LogP contribution is 2.26. The Balaban J connectivity index is 2.30. The smallest absolute Gasteiger partial charge is 0.256 e. The van der Waals surface area contributed by atoms with E-state index in [1.165, 1.54) is 0 Å². The first-order chi connectivity index (χ1) is 8.99. The topological polar surface area (TPSA) is 49.3 Å². The standard InChI is InChI=1S/C15H14BrNO2/c1-9-8-14(18)10(2)7-13(9)17-15(19)11-5-3-4-6-12(11)16/h3-8,18H,1-2H3,(H,17,19). The van der Waals surface area contributed by atoms with Crippen molar-refractivity contribution < 1.29 is 9.90 Å². The maximum Gasteiger partial charge on any atom is 0.256 e. The van der Waals surface area contributed by atoms with Crippen LogP contribution < -0.4 is 5.32 Å². The molecule has 0 saturated carbocycles. The number of hydrogen-bond donors (Lipinski definition) is 2. The Morgan fingerprint density at radius 1 is 1.16 bits per heavy atom. The van der Waals surface area contributed by atoms with Gasteiger partial charge in [-0.2, -0.15) is 0 Å². The van der Waals surface area contributed by atoms with Crippen LogP contribution in [0, 0.1) is 13.8 Å². The van der Waals surface area contributed by atoms with E-state index in [1.54, 1.807) is 25.1 Å². The molecule has 1 amide bonds. The van der Waals surface area contributed by atoms with E-state index in [2.05, 4.69) is 21.2 Å². The van der Waals surface area contributed by atoms with Crippen molar-refractivity contribution in [3.05, 3.63) is 57.6 Å². The quantitative estimate of drug-likeness (QED) is 0.821. The molecule has 0 unspecified atom stereocenters. The van der Waals surface area contributed by atoms with E-state index in [1.807, 2.05) is 25.1 Å². The van der Waals surface area contributed by atoms with Crippen molar-refractivity contribution in [2.75, 3.05) is 5.32 Å². The summed E-state index contributed by atoms with van der Waals surface area (Å²) in [6.07, 6.45) is 0. The highest BCUT2D eigenvalue weighted by atomic mass is 79.9. The average Bonchev–Trinajstić information content (AvgIpc) is 2.36. The van der Waals surface area contributed by atoms with Crippen LogP contribution in [0.15, 0.2) is 40.9 Å². The van der Waals surface area contributed by atoms with Crippen molar-refractivity contribution in [1.29, 1.82) is 0 Å². The number of aryl methyl sites for hydroxylation is 2. The Morgan fingerprint density at radius 2 is 1.84 bits per heavy atom. The molecule has 0 aliphatic heterocycles. The fourth-order valence-corrected chi connectivity index (χ4v) is 2.24. The molecule has 2 rings (SSSR count). The monoisotopic (exact) mass is 319 g/mol. The Morgan fingerprint density at radius 3 is 2.53 bits per heavy atom. The van der Waals surface area contributed by atoms with Gasteiger partial charge in [0.05, 0.1) is 5.56 Å². The zero-order valence-electron chi connectivity index (χ0n) is 10.7. The summed E-state index contributed by atoms with van der Waals surface area (Å²) in [5.74, 6) is 0.0528. The number of hydrogen-bond acceptors (Lipinski definition) is 2. The van der Waals surface area contributed by atoms with Gasteiger partial charge in [0.1, 0.15) is 5.75 Å². The summed E-state index contributed by atoms with van der Waals surface area (Å²) in [7, 11) is 0. The summed E-state index contributed by atoms with van der Waals surface area (Å²) < 4.78 is 0.751. The summed E-state index contributed by atoms with van der Waals surface area (Å²) in [6.45, 7) is 3.64. The van der Waals surface area contributed by atoms with Gasteiger partial charge in [0, 0.05) is 10.2 Å². The zero-order valence-corrected chi connectivity index (χ0v) is 12.3. The number of carbonyl (C=O) groups excluding carboxylic acids is 1. The van der Waals surface area contributed by atoms with Crippen molar-refractivity contribution in [3.8, 4) is 5.75 Å². The second-order valence-electron chi connectivity index (χ2n) is 4.39. The van der Waals surface area contributed by atoms with Gasteiger partial charge in [-0.15, -0.1) is 0 Å². The number of carbonyl (C=O) groups is 1. The molecule has 2 aromatic carbocycles. The minimum absolute atomic E-state index is 0.180. The molecule has 2 aromatic rings. The highest BCUT2D eigenvalue weighted by Gasteiger charge is 2.11. The molecule has 0 fully saturated rings. The number of phenols is 1. The predicted molar refractivity (Wildman–Crippen MR) is 79.7 cm³/mol. The van der Waals surface area contributed by atoms with Crippen molar-refractivity contribution in [3.63, 3.8) is 0 Å². The highest BCUT2D eigenvalue weighted by molar-refractivity contribution is 9.10.